The minimum Gasteiger partial charge on any atom is -0.294 e. The van der Waals surface area contributed by atoms with Gasteiger partial charge < -0.3 is 0 Å². The molecule has 0 spiro atoms. The van der Waals surface area contributed by atoms with Crippen LogP contribution in [-0.2, 0) is 5.41 Å². The Balaban J connectivity index is 1.10. The van der Waals surface area contributed by atoms with Crippen LogP contribution in [0.3, 0.4) is 0 Å². The van der Waals surface area contributed by atoms with Crippen molar-refractivity contribution in [2.24, 2.45) is 0 Å². The third kappa shape index (κ3) is 5.39. The van der Waals surface area contributed by atoms with Gasteiger partial charge in [-0.05, 0) is 80.9 Å². The summed E-state index contributed by atoms with van der Waals surface area (Å²) in [7, 11) is 0. The van der Waals surface area contributed by atoms with Gasteiger partial charge in [0.1, 0.15) is 5.65 Å². The molecule has 0 amide bonds. The van der Waals surface area contributed by atoms with E-state index in [0.717, 1.165) is 61.2 Å². The zero-order chi connectivity index (χ0) is 38.8. The first-order valence-electron chi connectivity index (χ1n) is 19.7. The van der Waals surface area contributed by atoms with E-state index in [1.807, 2.05) is 24.4 Å². The van der Waals surface area contributed by atoms with Crippen LogP contribution in [0.2, 0.25) is 0 Å². The van der Waals surface area contributed by atoms with Crippen LogP contribution in [0, 0.1) is 0 Å². The average Bonchev–Trinajstić information content (AvgIpc) is 3.75. The summed E-state index contributed by atoms with van der Waals surface area (Å²) in [5, 5.41) is 2.34. The molecule has 3 heterocycles. The number of hydrogen-bond acceptors (Lipinski definition) is 4. The molecule has 0 aliphatic heterocycles. The Bertz CT molecular complexity index is 3150. The van der Waals surface area contributed by atoms with Crippen LogP contribution >= 0.6 is 0 Å². The Kier molecular flexibility index (Phi) is 7.76. The van der Waals surface area contributed by atoms with Crippen molar-refractivity contribution < 1.29 is 0 Å². The highest BCUT2D eigenvalue weighted by Gasteiger charge is 2.39. The standard InChI is InChI=1S/C53H37N5/c1-53(2)46-33-38(58-47-28-12-11-23-41(47)44-27-15-31-54-52(44)58)29-30-40(46)42-25-14-26-45(48(42)53)51-56-49(37-21-13-20-36(32-37)34-16-5-3-6-17-34)55-50(57-51)43-24-10-9-22-39(43)35-18-7-4-8-19-35/h3-33H,1-2H3. The third-order valence-corrected chi connectivity index (χ3v) is 11.7. The van der Waals surface area contributed by atoms with Crippen molar-refractivity contribution in [3.63, 3.8) is 0 Å². The second kappa shape index (κ2) is 13.3. The van der Waals surface area contributed by atoms with Gasteiger partial charge in [0.2, 0.25) is 0 Å². The molecule has 0 saturated heterocycles. The van der Waals surface area contributed by atoms with Crippen molar-refractivity contribution in [1.82, 2.24) is 24.5 Å². The van der Waals surface area contributed by atoms with E-state index in [4.69, 9.17) is 19.9 Å². The van der Waals surface area contributed by atoms with Crippen LogP contribution in [0.1, 0.15) is 25.0 Å². The van der Waals surface area contributed by atoms with Gasteiger partial charge in [0, 0.05) is 44.8 Å². The van der Waals surface area contributed by atoms with E-state index in [1.54, 1.807) is 0 Å². The van der Waals surface area contributed by atoms with Gasteiger partial charge in [-0.2, -0.15) is 0 Å². The van der Waals surface area contributed by atoms with Gasteiger partial charge in [-0.3, -0.25) is 4.57 Å². The van der Waals surface area contributed by atoms with Gasteiger partial charge in [0.15, 0.2) is 17.5 Å². The van der Waals surface area contributed by atoms with E-state index in [-0.39, 0.29) is 5.41 Å². The molecule has 0 unspecified atom stereocenters. The fourth-order valence-electron chi connectivity index (χ4n) is 9.01. The van der Waals surface area contributed by atoms with E-state index in [1.165, 1.54) is 27.6 Å². The van der Waals surface area contributed by atoms with Gasteiger partial charge in [-0.1, -0.05) is 159 Å². The lowest BCUT2D eigenvalue weighted by molar-refractivity contribution is 0.660. The van der Waals surface area contributed by atoms with Crippen LogP contribution in [0.4, 0.5) is 0 Å². The predicted octanol–water partition coefficient (Wildman–Crippen LogP) is 13.0. The third-order valence-electron chi connectivity index (χ3n) is 11.7. The zero-order valence-corrected chi connectivity index (χ0v) is 32.1. The molecular weight excluding hydrogens is 707 g/mol. The fraction of sp³-hybridized carbons (Fsp3) is 0.0566. The fourth-order valence-corrected chi connectivity index (χ4v) is 9.01. The second-order valence-corrected chi connectivity index (χ2v) is 15.5. The van der Waals surface area contributed by atoms with E-state index >= 15 is 0 Å². The normalized spacial score (nSPS) is 12.8. The molecule has 11 rings (SSSR count). The van der Waals surface area contributed by atoms with Crippen LogP contribution in [0.25, 0.3) is 95.2 Å². The lowest BCUT2D eigenvalue weighted by atomic mass is 9.80. The van der Waals surface area contributed by atoms with Crippen LogP contribution in [0.15, 0.2) is 188 Å². The second-order valence-electron chi connectivity index (χ2n) is 15.5. The number of benzene rings is 7. The minimum absolute atomic E-state index is 0.369. The lowest BCUT2D eigenvalue weighted by Gasteiger charge is -2.24. The van der Waals surface area contributed by atoms with E-state index < -0.39 is 0 Å². The number of hydrogen-bond donors (Lipinski definition) is 0. The summed E-state index contributed by atoms with van der Waals surface area (Å²) in [4.78, 5) is 20.8. The van der Waals surface area contributed by atoms with E-state index in [0.29, 0.717) is 17.5 Å². The van der Waals surface area contributed by atoms with Crippen LogP contribution in [0.5, 0.6) is 0 Å². The number of pyridine rings is 1. The van der Waals surface area contributed by atoms with Crippen molar-refractivity contribution in [3.05, 3.63) is 199 Å². The molecule has 7 aromatic carbocycles. The van der Waals surface area contributed by atoms with Gasteiger partial charge in [0.05, 0.1) is 5.52 Å². The van der Waals surface area contributed by atoms with Crippen LogP contribution < -0.4 is 0 Å². The maximum absolute atomic E-state index is 5.36. The largest absolute Gasteiger partial charge is 0.294 e. The summed E-state index contributed by atoms with van der Waals surface area (Å²) in [6.45, 7) is 4.65. The zero-order valence-electron chi connectivity index (χ0n) is 32.1. The summed E-state index contributed by atoms with van der Waals surface area (Å²) < 4.78 is 2.29. The summed E-state index contributed by atoms with van der Waals surface area (Å²) in [5.74, 6) is 1.92. The maximum Gasteiger partial charge on any atom is 0.164 e. The number of fused-ring (bicyclic) bond motifs is 6. The van der Waals surface area contributed by atoms with E-state index in [2.05, 4.69) is 182 Å². The maximum atomic E-state index is 5.36. The molecule has 5 nitrogen and oxygen atoms in total. The van der Waals surface area contributed by atoms with Crippen molar-refractivity contribution in [1.29, 1.82) is 0 Å². The average molecular weight is 744 g/mol. The lowest BCUT2D eigenvalue weighted by Crippen LogP contribution is -2.17. The molecular formula is C53H37N5. The topological polar surface area (TPSA) is 56.5 Å². The molecule has 274 valence electrons. The molecule has 1 aliphatic rings. The number of nitrogens with zero attached hydrogens (tertiary/aromatic N) is 5. The number of aromatic nitrogens is 5. The highest BCUT2D eigenvalue weighted by molar-refractivity contribution is 6.08. The first kappa shape index (κ1) is 33.8. The molecule has 10 aromatic rings. The molecule has 58 heavy (non-hydrogen) atoms. The van der Waals surface area contributed by atoms with Crippen molar-refractivity contribution >= 4 is 21.9 Å². The smallest absolute Gasteiger partial charge is 0.164 e. The van der Waals surface area contributed by atoms with Crippen molar-refractivity contribution in [2.75, 3.05) is 0 Å². The molecule has 0 N–H and O–H groups in total. The molecule has 0 bridgehead atoms. The summed E-state index contributed by atoms with van der Waals surface area (Å²) >= 11 is 0. The molecule has 0 fully saturated rings. The molecule has 0 atom stereocenters. The predicted molar refractivity (Wildman–Crippen MR) is 237 cm³/mol. The number of para-hydroxylation sites is 1. The molecule has 5 heteroatoms. The Morgan fingerprint density at radius 3 is 1.84 bits per heavy atom. The Morgan fingerprint density at radius 2 is 1.02 bits per heavy atom. The molecule has 3 aromatic heterocycles. The number of rotatable bonds is 6. The van der Waals surface area contributed by atoms with E-state index in [9.17, 15) is 0 Å². The van der Waals surface area contributed by atoms with Crippen molar-refractivity contribution in [2.45, 2.75) is 19.3 Å². The minimum atomic E-state index is -0.369. The molecule has 1 aliphatic carbocycles. The van der Waals surface area contributed by atoms with Crippen molar-refractivity contribution in [3.8, 4) is 73.2 Å². The highest BCUT2D eigenvalue weighted by Crippen LogP contribution is 2.52. The highest BCUT2D eigenvalue weighted by atomic mass is 15.0. The Labute approximate surface area is 337 Å². The molecule has 0 radical (unpaired) electrons. The van der Waals surface area contributed by atoms with Gasteiger partial charge in [-0.25, -0.2) is 19.9 Å². The molecule has 0 saturated carbocycles. The summed E-state index contributed by atoms with van der Waals surface area (Å²) in [5.41, 5.74) is 15.0. The first-order valence-corrected chi connectivity index (χ1v) is 19.7. The van der Waals surface area contributed by atoms with Gasteiger partial charge >= 0.3 is 0 Å². The van der Waals surface area contributed by atoms with Crippen LogP contribution in [-0.4, -0.2) is 24.5 Å². The quantitative estimate of drug-likeness (QED) is 0.170. The summed E-state index contributed by atoms with van der Waals surface area (Å²) in [6.07, 6.45) is 1.88. The van der Waals surface area contributed by atoms with Gasteiger partial charge in [0.25, 0.3) is 0 Å². The SMILES string of the molecule is CC1(C)c2cc(-n3c4ccccc4c4cccnc43)ccc2-c2cccc(-c3nc(-c4cccc(-c5ccccc5)c4)nc(-c4ccccc4-c4ccccc4)n3)c21. The Morgan fingerprint density at radius 1 is 0.414 bits per heavy atom. The first-order chi connectivity index (χ1) is 28.5. The van der Waals surface area contributed by atoms with Gasteiger partial charge in [-0.15, -0.1) is 0 Å². The summed E-state index contributed by atoms with van der Waals surface area (Å²) in [6, 6.07) is 64.0. The monoisotopic (exact) mass is 743 g/mol. The Hall–Kier alpha value is -7.50.